The predicted molar refractivity (Wildman–Crippen MR) is 85.6 cm³/mol. The van der Waals surface area contributed by atoms with Gasteiger partial charge >= 0.3 is 0 Å². The first-order valence-corrected chi connectivity index (χ1v) is 7.83. The highest BCUT2D eigenvalue weighted by atomic mass is 32.2. The standard InChI is InChI=1S/C17H21NS/c1-14-6-5-7-15(10-14)12-19-13-17(11-18)16-8-3-2-4-9-16/h2-10,17H,11-13,18H2,1H3. The number of nitrogens with two attached hydrogens (primary N) is 1. The molecule has 0 amide bonds. The molecule has 0 heterocycles. The van der Waals surface area contributed by atoms with Gasteiger partial charge in [0.05, 0.1) is 0 Å². The van der Waals surface area contributed by atoms with Crippen LogP contribution in [0.5, 0.6) is 0 Å². The van der Waals surface area contributed by atoms with Crippen LogP contribution in [0.2, 0.25) is 0 Å². The first kappa shape index (κ1) is 14.2. The molecule has 100 valence electrons. The molecule has 0 aromatic heterocycles. The van der Waals surface area contributed by atoms with Crippen LogP contribution in [0.25, 0.3) is 0 Å². The lowest BCUT2D eigenvalue weighted by Gasteiger charge is -2.14. The van der Waals surface area contributed by atoms with Crippen molar-refractivity contribution in [3.05, 3.63) is 71.3 Å². The van der Waals surface area contributed by atoms with E-state index in [9.17, 15) is 0 Å². The fraction of sp³-hybridized carbons (Fsp3) is 0.294. The van der Waals surface area contributed by atoms with Crippen LogP contribution in [0.15, 0.2) is 54.6 Å². The van der Waals surface area contributed by atoms with E-state index in [2.05, 4.69) is 61.5 Å². The Morgan fingerprint density at radius 1 is 1.05 bits per heavy atom. The Kier molecular flexibility index (Phi) is 5.49. The molecule has 19 heavy (non-hydrogen) atoms. The highest BCUT2D eigenvalue weighted by molar-refractivity contribution is 7.98. The van der Waals surface area contributed by atoms with Gasteiger partial charge in [-0.25, -0.2) is 0 Å². The maximum absolute atomic E-state index is 5.90. The summed E-state index contributed by atoms with van der Waals surface area (Å²) in [6.45, 7) is 2.85. The van der Waals surface area contributed by atoms with Gasteiger partial charge in [0.15, 0.2) is 0 Å². The number of aryl methyl sites for hydroxylation is 1. The van der Waals surface area contributed by atoms with Crippen molar-refractivity contribution in [1.82, 2.24) is 0 Å². The van der Waals surface area contributed by atoms with Gasteiger partial charge < -0.3 is 5.73 Å². The van der Waals surface area contributed by atoms with Gasteiger partial charge in [0, 0.05) is 17.4 Å². The largest absolute Gasteiger partial charge is 0.330 e. The zero-order chi connectivity index (χ0) is 13.5. The average Bonchev–Trinajstić information content (AvgIpc) is 2.45. The SMILES string of the molecule is Cc1cccc(CSCC(CN)c2ccccc2)c1. The highest BCUT2D eigenvalue weighted by Gasteiger charge is 2.09. The molecule has 0 aliphatic carbocycles. The molecule has 2 N–H and O–H groups in total. The van der Waals surface area contributed by atoms with Crippen LogP contribution >= 0.6 is 11.8 Å². The van der Waals surface area contributed by atoms with Crippen LogP contribution in [-0.4, -0.2) is 12.3 Å². The van der Waals surface area contributed by atoms with Gasteiger partial charge in [-0.05, 0) is 24.6 Å². The molecule has 1 unspecified atom stereocenters. The third-order valence-corrected chi connectivity index (χ3v) is 4.40. The maximum atomic E-state index is 5.90. The van der Waals surface area contributed by atoms with E-state index in [1.165, 1.54) is 16.7 Å². The smallest absolute Gasteiger partial charge is 0.0184 e. The highest BCUT2D eigenvalue weighted by Crippen LogP contribution is 2.22. The number of rotatable bonds is 6. The molecule has 1 atom stereocenters. The Hall–Kier alpha value is -1.25. The monoisotopic (exact) mass is 271 g/mol. The van der Waals surface area contributed by atoms with E-state index < -0.39 is 0 Å². The predicted octanol–water partition coefficient (Wildman–Crippen LogP) is 3.97. The Balaban J connectivity index is 1.87. The Morgan fingerprint density at radius 2 is 1.84 bits per heavy atom. The molecular weight excluding hydrogens is 250 g/mol. The van der Waals surface area contributed by atoms with E-state index >= 15 is 0 Å². The van der Waals surface area contributed by atoms with Crippen molar-refractivity contribution in [1.29, 1.82) is 0 Å². The molecule has 0 aliphatic heterocycles. The summed E-state index contributed by atoms with van der Waals surface area (Å²) in [5.74, 6) is 2.59. The van der Waals surface area contributed by atoms with E-state index in [4.69, 9.17) is 5.73 Å². The molecule has 0 saturated carbocycles. The molecule has 2 aromatic rings. The Bertz CT molecular complexity index is 496. The first-order chi connectivity index (χ1) is 9.29. The van der Waals surface area contributed by atoms with Crippen molar-refractivity contribution in [2.24, 2.45) is 5.73 Å². The van der Waals surface area contributed by atoms with Crippen LogP contribution in [0.1, 0.15) is 22.6 Å². The number of hydrogen-bond donors (Lipinski definition) is 1. The molecule has 1 nitrogen and oxygen atoms in total. The van der Waals surface area contributed by atoms with E-state index in [0.717, 1.165) is 11.5 Å². The molecule has 0 spiro atoms. The summed E-state index contributed by atoms with van der Waals surface area (Å²) in [5, 5.41) is 0. The first-order valence-electron chi connectivity index (χ1n) is 6.68. The summed E-state index contributed by atoms with van der Waals surface area (Å²) >= 11 is 1.96. The van der Waals surface area contributed by atoms with Gasteiger partial charge in [-0.2, -0.15) is 11.8 Å². The summed E-state index contributed by atoms with van der Waals surface area (Å²) in [4.78, 5) is 0. The number of hydrogen-bond acceptors (Lipinski definition) is 2. The zero-order valence-corrected chi connectivity index (χ0v) is 12.2. The van der Waals surface area contributed by atoms with Crippen LogP contribution < -0.4 is 5.73 Å². The molecule has 0 radical (unpaired) electrons. The van der Waals surface area contributed by atoms with Crippen molar-refractivity contribution < 1.29 is 0 Å². The molecule has 2 aromatic carbocycles. The minimum atomic E-state index is 0.455. The lowest BCUT2D eigenvalue weighted by atomic mass is 10.0. The van der Waals surface area contributed by atoms with E-state index in [0.29, 0.717) is 12.5 Å². The van der Waals surface area contributed by atoms with Crippen LogP contribution in [-0.2, 0) is 5.75 Å². The Labute approximate surface area is 120 Å². The second kappa shape index (κ2) is 7.37. The summed E-state index contributed by atoms with van der Waals surface area (Å²) < 4.78 is 0. The van der Waals surface area contributed by atoms with E-state index in [1.54, 1.807) is 0 Å². The maximum Gasteiger partial charge on any atom is 0.0184 e. The van der Waals surface area contributed by atoms with E-state index in [1.807, 2.05) is 11.8 Å². The third kappa shape index (κ3) is 4.41. The molecule has 0 aliphatic rings. The average molecular weight is 271 g/mol. The molecular formula is C17H21NS. The van der Waals surface area contributed by atoms with Crippen LogP contribution in [0.3, 0.4) is 0 Å². The molecule has 2 rings (SSSR count). The van der Waals surface area contributed by atoms with Gasteiger partial charge in [-0.3, -0.25) is 0 Å². The van der Waals surface area contributed by atoms with Gasteiger partial charge in [-0.15, -0.1) is 0 Å². The molecule has 0 fully saturated rings. The quantitative estimate of drug-likeness (QED) is 0.860. The normalized spacial score (nSPS) is 12.3. The second-order valence-electron chi connectivity index (χ2n) is 4.85. The van der Waals surface area contributed by atoms with Crippen LogP contribution in [0, 0.1) is 6.92 Å². The molecule has 0 saturated heterocycles. The lowest BCUT2D eigenvalue weighted by molar-refractivity contribution is 0.785. The summed E-state index contributed by atoms with van der Waals surface area (Å²) in [6, 6.07) is 19.3. The summed E-state index contributed by atoms with van der Waals surface area (Å²) in [5.41, 5.74) is 9.97. The van der Waals surface area contributed by atoms with Crippen molar-refractivity contribution in [3.8, 4) is 0 Å². The van der Waals surface area contributed by atoms with Gasteiger partial charge in [-0.1, -0.05) is 60.2 Å². The third-order valence-electron chi connectivity index (χ3n) is 3.23. The summed E-state index contributed by atoms with van der Waals surface area (Å²) in [7, 11) is 0. The zero-order valence-electron chi connectivity index (χ0n) is 11.4. The van der Waals surface area contributed by atoms with Crippen molar-refractivity contribution in [3.63, 3.8) is 0 Å². The van der Waals surface area contributed by atoms with Crippen LogP contribution in [0.4, 0.5) is 0 Å². The fourth-order valence-corrected chi connectivity index (χ4v) is 3.29. The molecule has 2 heteroatoms. The topological polar surface area (TPSA) is 26.0 Å². The summed E-state index contributed by atoms with van der Waals surface area (Å²) in [6.07, 6.45) is 0. The minimum Gasteiger partial charge on any atom is -0.330 e. The number of benzene rings is 2. The Morgan fingerprint density at radius 3 is 2.53 bits per heavy atom. The van der Waals surface area contributed by atoms with Crippen molar-refractivity contribution in [2.45, 2.75) is 18.6 Å². The van der Waals surface area contributed by atoms with Gasteiger partial charge in [0.2, 0.25) is 0 Å². The minimum absolute atomic E-state index is 0.455. The lowest BCUT2D eigenvalue weighted by Crippen LogP contribution is -2.14. The van der Waals surface area contributed by atoms with E-state index in [-0.39, 0.29) is 0 Å². The fourth-order valence-electron chi connectivity index (χ4n) is 2.15. The van der Waals surface area contributed by atoms with Gasteiger partial charge in [0.1, 0.15) is 0 Å². The number of thioether (sulfide) groups is 1. The van der Waals surface area contributed by atoms with Crippen molar-refractivity contribution in [2.75, 3.05) is 12.3 Å². The molecule has 0 bridgehead atoms. The van der Waals surface area contributed by atoms with Gasteiger partial charge in [0.25, 0.3) is 0 Å². The van der Waals surface area contributed by atoms with Crippen molar-refractivity contribution >= 4 is 11.8 Å². The second-order valence-corrected chi connectivity index (χ2v) is 5.88.